The average molecular weight is 380 g/mol. The maximum atomic E-state index is 11.4. The van der Waals surface area contributed by atoms with Gasteiger partial charge in [0, 0.05) is 19.3 Å². The van der Waals surface area contributed by atoms with E-state index in [0.29, 0.717) is 55.0 Å². The van der Waals surface area contributed by atoms with Crippen LogP contribution >= 0.6 is 0 Å². The number of aromatic nitrogens is 3. The molecule has 28 heavy (non-hydrogen) atoms. The zero-order valence-corrected chi connectivity index (χ0v) is 15.5. The number of anilines is 1. The van der Waals surface area contributed by atoms with Gasteiger partial charge in [-0.2, -0.15) is 9.97 Å². The molecule has 0 atom stereocenters. The summed E-state index contributed by atoms with van der Waals surface area (Å²) in [4.78, 5) is 24.8. The van der Waals surface area contributed by atoms with Crippen molar-refractivity contribution < 1.29 is 18.7 Å². The normalized spacial score (nSPS) is 12.8. The molecule has 8 nitrogen and oxygen atoms in total. The number of furan rings is 1. The predicted octanol–water partition coefficient (Wildman–Crippen LogP) is 2.57. The van der Waals surface area contributed by atoms with Gasteiger partial charge < -0.3 is 19.2 Å². The molecule has 0 spiro atoms. The zero-order valence-electron chi connectivity index (χ0n) is 15.5. The second-order valence-corrected chi connectivity index (χ2v) is 6.31. The molecule has 1 amide bonds. The Hall–Kier alpha value is -3.42. The highest BCUT2D eigenvalue weighted by atomic mass is 16.5. The van der Waals surface area contributed by atoms with Gasteiger partial charge in [-0.25, -0.2) is 4.98 Å². The van der Waals surface area contributed by atoms with Crippen molar-refractivity contribution in [2.45, 2.75) is 26.2 Å². The highest BCUT2D eigenvalue weighted by Crippen LogP contribution is 2.29. The van der Waals surface area contributed by atoms with Gasteiger partial charge in [-0.05, 0) is 36.8 Å². The molecule has 0 saturated carbocycles. The van der Waals surface area contributed by atoms with Gasteiger partial charge in [0.15, 0.2) is 6.61 Å². The highest BCUT2D eigenvalue weighted by Gasteiger charge is 2.17. The maximum absolute atomic E-state index is 11.4. The van der Waals surface area contributed by atoms with Crippen LogP contribution in [0.5, 0.6) is 11.8 Å². The molecule has 4 rings (SSSR count). The third-order valence-corrected chi connectivity index (χ3v) is 4.20. The molecule has 0 saturated heterocycles. The first kappa shape index (κ1) is 18.0. The van der Waals surface area contributed by atoms with Gasteiger partial charge in [0.05, 0.1) is 18.6 Å². The van der Waals surface area contributed by atoms with Gasteiger partial charge >= 0.3 is 6.01 Å². The summed E-state index contributed by atoms with van der Waals surface area (Å²) in [5.74, 6) is 2.65. The molecular weight excluding hydrogens is 360 g/mol. The molecule has 144 valence electrons. The van der Waals surface area contributed by atoms with E-state index in [1.165, 1.54) is 0 Å². The molecule has 1 aliphatic heterocycles. The van der Waals surface area contributed by atoms with E-state index in [1.54, 1.807) is 6.26 Å². The van der Waals surface area contributed by atoms with Gasteiger partial charge in [-0.1, -0.05) is 6.07 Å². The number of hydrogen-bond acceptors (Lipinski definition) is 7. The minimum absolute atomic E-state index is 0.0215. The Bertz CT molecular complexity index is 972. The fourth-order valence-electron chi connectivity index (χ4n) is 2.93. The summed E-state index contributed by atoms with van der Waals surface area (Å²) in [6.07, 6.45) is 3.48. The minimum atomic E-state index is -0.153. The number of fused-ring (bicyclic) bond motifs is 1. The van der Waals surface area contributed by atoms with Crippen molar-refractivity contribution in [3.63, 3.8) is 0 Å². The number of aryl methyl sites for hydroxylation is 2. The molecule has 0 radical (unpaired) electrons. The van der Waals surface area contributed by atoms with Gasteiger partial charge in [0.1, 0.15) is 23.2 Å². The molecule has 2 aromatic heterocycles. The number of benzene rings is 1. The molecule has 8 heteroatoms. The van der Waals surface area contributed by atoms with E-state index in [9.17, 15) is 4.79 Å². The molecule has 0 fully saturated rings. The molecule has 3 heterocycles. The topological polar surface area (TPSA) is 99.4 Å². The van der Waals surface area contributed by atoms with Gasteiger partial charge in [0.25, 0.3) is 5.91 Å². The van der Waals surface area contributed by atoms with Crippen molar-refractivity contribution in [1.82, 2.24) is 15.0 Å². The van der Waals surface area contributed by atoms with Crippen molar-refractivity contribution in [1.29, 1.82) is 0 Å². The molecule has 1 N–H and O–H groups in total. The summed E-state index contributed by atoms with van der Waals surface area (Å²) in [7, 11) is 0. The lowest BCUT2D eigenvalue weighted by atomic mass is 10.1. The largest absolute Gasteiger partial charge is 0.482 e. The number of hydrogen-bond donors (Lipinski definition) is 1. The highest BCUT2D eigenvalue weighted by molar-refractivity contribution is 5.95. The molecule has 1 aromatic carbocycles. The Morgan fingerprint density at radius 3 is 2.86 bits per heavy atom. The summed E-state index contributed by atoms with van der Waals surface area (Å²) in [5, 5.41) is 2.78. The van der Waals surface area contributed by atoms with Crippen molar-refractivity contribution in [2.24, 2.45) is 0 Å². The van der Waals surface area contributed by atoms with Crippen LogP contribution in [-0.4, -0.2) is 34.1 Å². The third-order valence-electron chi connectivity index (χ3n) is 4.20. The molecule has 3 aromatic rings. The summed E-state index contributed by atoms with van der Waals surface area (Å²) in [6.45, 7) is 2.39. The van der Waals surface area contributed by atoms with Crippen LogP contribution in [-0.2, 0) is 24.1 Å². The van der Waals surface area contributed by atoms with E-state index in [4.69, 9.17) is 13.9 Å². The summed E-state index contributed by atoms with van der Waals surface area (Å²) in [5.41, 5.74) is 1.64. The van der Waals surface area contributed by atoms with Gasteiger partial charge in [0.2, 0.25) is 0 Å². The van der Waals surface area contributed by atoms with Crippen molar-refractivity contribution in [3.05, 3.63) is 59.6 Å². The van der Waals surface area contributed by atoms with Crippen molar-refractivity contribution >= 4 is 11.6 Å². The smallest absolute Gasteiger partial charge is 0.319 e. The predicted molar refractivity (Wildman–Crippen MR) is 100 cm³/mol. The number of nitrogens with one attached hydrogen (secondary N) is 1. The Labute approximate surface area is 161 Å². The first-order valence-electron chi connectivity index (χ1n) is 9.14. The zero-order chi connectivity index (χ0) is 19.3. The fraction of sp³-hybridized carbons (Fsp3) is 0.300. The van der Waals surface area contributed by atoms with Crippen LogP contribution < -0.4 is 14.8 Å². The van der Waals surface area contributed by atoms with Crippen molar-refractivity contribution in [3.8, 4) is 11.8 Å². The van der Waals surface area contributed by atoms with E-state index in [1.807, 2.05) is 37.3 Å². The van der Waals surface area contributed by atoms with Crippen LogP contribution in [0, 0.1) is 0 Å². The second-order valence-electron chi connectivity index (χ2n) is 6.31. The molecular formula is C20H20N4O4. The van der Waals surface area contributed by atoms with Crippen LogP contribution in [0.1, 0.15) is 29.9 Å². The number of carbonyl (C=O) groups is 1. The molecule has 1 aliphatic rings. The van der Waals surface area contributed by atoms with E-state index in [2.05, 4.69) is 20.3 Å². The number of nitrogens with zero attached hydrogens (tertiary/aromatic N) is 3. The first-order chi connectivity index (χ1) is 13.7. The Balaban J connectivity index is 1.53. The van der Waals surface area contributed by atoms with Crippen LogP contribution in [0.4, 0.5) is 5.69 Å². The van der Waals surface area contributed by atoms with Crippen molar-refractivity contribution in [2.75, 3.05) is 18.5 Å². The average Bonchev–Trinajstić information content (AvgIpc) is 3.20. The first-order valence-corrected chi connectivity index (χ1v) is 9.14. The summed E-state index contributed by atoms with van der Waals surface area (Å²) >= 11 is 0. The Morgan fingerprint density at radius 1 is 1.14 bits per heavy atom. The minimum Gasteiger partial charge on any atom is -0.482 e. The third kappa shape index (κ3) is 4.28. The summed E-state index contributed by atoms with van der Waals surface area (Å²) in [6, 6.07) is 9.74. The fourth-order valence-corrected chi connectivity index (χ4v) is 2.93. The van der Waals surface area contributed by atoms with Crippen LogP contribution in [0.3, 0.4) is 0 Å². The van der Waals surface area contributed by atoms with E-state index in [0.717, 1.165) is 11.3 Å². The van der Waals surface area contributed by atoms with Gasteiger partial charge in [-0.15, -0.1) is 0 Å². The van der Waals surface area contributed by atoms with Crippen LogP contribution in [0.25, 0.3) is 0 Å². The Kier molecular flexibility index (Phi) is 5.18. The lowest BCUT2D eigenvalue weighted by Gasteiger charge is -2.18. The van der Waals surface area contributed by atoms with E-state index in [-0.39, 0.29) is 12.5 Å². The number of rotatable bonds is 7. The molecule has 0 unspecified atom stereocenters. The molecule has 0 bridgehead atoms. The lowest BCUT2D eigenvalue weighted by molar-refractivity contribution is -0.118. The SMILES string of the molecule is CCOc1nc(CCc2ccco2)nc(Cc2ccc3c(c2)OCC(=O)N3)n1. The quantitative estimate of drug-likeness (QED) is 0.672. The number of carbonyl (C=O) groups excluding carboxylic acids is 1. The lowest BCUT2D eigenvalue weighted by Crippen LogP contribution is -2.25. The van der Waals surface area contributed by atoms with Crippen LogP contribution in [0.2, 0.25) is 0 Å². The second kappa shape index (κ2) is 8.08. The Morgan fingerprint density at radius 2 is 2.04 bits per heavy atom. The standard InChI is InChI=1S/C20H20N4O4/c1-2-26-20-23-17(8-6-14-4-3-9-27-14)22-18(24-20)11-13-5-7-15-16(10-13)28-12-19(25)21-15/h3-5,7,9-10H,2,6,8,11-12H2,1H3,(H,21,25). The van der Waals surface area contributed by atoms with E-state index < -0.39 is 0 Å². The number of ether oxygens (including phenoxy) is 2. The monoisotopic (exact) mass is 380 g/mol. The van der Waals surface area contributed by atoms with Gasteiger partial charge in [-0.3, -0.25) is 4.79 Å². The molecule has 0 aliphatic carbocycles. The van der Waals surface area contributed by atoms with Crippen LogP contribution in [0.15, 0.2) is 41.0 Å². The maximum Gasteiger partial charge on any atom is 0.319 e. The number of amides is 1. The summed E-state index contributed by atoms with van der Waals surface area (Å²) < 4.78 is 16.4. The van der Waals surface area contributed by atoms with E-state index >= 15 is 0 Å².